The Balaban J connectivity index is 2.23. The van der Waals surface area contributed by atoms with Gasteiger partial charge in [-0.25, -0.2) is 14.4 Å². The molecule has 0 unspecified atom stereocenters. The zero-order valence-electron chi connectivity index (χ0n) is 9.52. The summed E-state index contributed by atoms with van der Waals surface area (Å²) < 4.78 is 12.7. The lowest BCUT2D eigenvalue weighted by Gasteiger charge is -2.04. The second-order valence-corrected chi connectivity index (χ2v) is 3.88. The maximum atomic E-state index is 12.7. The van der Waals surface area contributed by atoms with Crippen LogP contribution in [0, 0.1) is 12.7 Å². The van der Waals surface area contributed by atoms with Crippen LogP contribution >= 0.6 is 0 Å². The molecule has 0 aliphatic rings. The first kappa shape index (κ1) is 11.7. The van der Waals surface area contributed by atoms with Crippen LogP contribution in [0.5, 0.6) is 0 Å². The lowest BCUT2D eigenvalue weighted by molar-refractivity contribution is 0.276. The molecule has 0 spiro atoms. The Labute approximate surface area is 99.0 Å². The average molecular weight is 232 g/mol. The summed E-state index contributed by atoms with van der Waals surface area (Å²) in [6, 6.07) is 7.99. The molecule has 1 aromatic carbocycles. The van der Waals surface area contributed by atoms with Crippen LogP contribution in [0.3, 0.4) is 0 Å². The van der Waals surface area contributed by atoms with Crippen molar-refractivity contribution in [2.24, 2.45) is 0 Å². The molecular weight excluding hydrogens is 219 g/mol. The summed E-state index contributed by atoms with van der Waals surface area (Å²) in [5, 5.41) is 9.05. The predicted molar refractivity (Wildman–Crippen MR) is 61.9 cm³/mol. The predicted octanol–water partition coefficient (Wildman–Crippen LogP) is 2.01. The van der Waals surface area contributed by atoms with E-state index in [1.807, 2.05) is 6.92 Å². The van der Waals surface area contributed by atoms with Gasteiger partial charge in [0.1, 0.15) is 11.6 Å². The fourth-order valence-corrected chi connectivity index (χ4v) is 1.64. The van der Waals surface area contributed by atoms with Gasteiger partial charge in [-0.05, 0) is 30.7 Å². The topological polar surface area (TPSA) is 46.0 Å². The molecule has 0 bridgehead atoms. The van der Waals surface area contributed by atoms with Crippen LogP contribution in [0.4, 0.5) is 4.39 Å². The number of rotatable bonds is 3. The number of benzene rings is 1. The van der Waals surface area contributed by atoms with E-state index < -0.39 is 0 Å². The van der Waals surface area contributed by atoms with Gasteiger partial charge < -0.3 is 5.11 Å². The lowest BCUT2D eigenvalue weighted by atomic mass is 10.1. The molecule has 1 aromatic heterocycles. The zero-order chi connectivity index (χ0) is 12.3. The van der Waals surface area contributed by atoms with Gasteiger partial charge in [0.15, 0.2) is 0 Å². The smallest absolute Gasteiger partial charge is 0.133 e. The zero-order valence-corrected chi connectivity index (χ0v) is 9.52. The Morgan fingerprint density at radius 1 is 1.18 bits per heavy atom. The highest BCUT2D eigenvalue weighted by molar-refractivity contribution is 5.21. The fourth-order valence-electron chi connectivity index (χ4n) is 1.64. The molecule has 4 heteroatoms. The van der Waals surface area contributed by atoms with Crippen molar-refractivity contribution in [3.8, 4) is 0 Å². The first-order valence-corrected chi connectivity index (χ1v) is 5.36. The van der Waals surface area contributed by atoms with Gasteiger partial charge in [0.2, 0.25) is 0 Å². The summed E-state index contributed by atoms with van der Waals surface area (Å²) in [7, 11) is 0. The SMILES string of the molecule is Cc1cc(CO)nc(Cc2ccc(F)cc2)n1. The van der Waals surface area contributed by atoms with E-state index in [1.165, 1.54) is 12.1 Å². The quantitative estimate of drug-likeness (QED) is 0.880. The van der Waals surface area contributed by atoms with Gasteiger partial charge in [-0.2, -0.15) is 0 Å². The highest BCUT2D eigenvalue weighted by atomic mass is 19.1. The Morgan fingerprint density at radius 2 is 1.88 bits per heavy atom. The third-order valence-electron chi connectivity index (χ3n) is 2.39. The van der Waals surface area contributed by atoms with Gasteiger partial charge in [-0.15, -0.1) is 0 Å². The van der Waals surface area contributed by atoms with E-state index in [1.54, 1.807) is 18.2 Å². The van der Waals surface area contributed by atoms with Crippen LogP contribution < -0.4 is 0 Å². The van der Waals surface area contributed by atoms with Gasteiger partial charge in [0.05, 0.1) is 12.3 Å². The molecule has 88 valence electrons. The average Bonchev–Trinajstić information content (AvgIpc) is 2.31. The summed E-state index contributed by atoms with van der Waals surface area (Å²) in [6.07, 6.45) is 0.537. The second-order valence-electron chi connectivity index (χ2n) is 3.88. The Hall–Kier alpha value is -1.81. The van der Waals surface area contributed by atoms with Crippen LogP contribution in [0.15, 0.2) is 30.3 Å². The summed E-state index contributed by atoms with van der Waals surface area (Å²) in [5.41, 5.74) is 2.37. The first-order chi connectivity index (χ1) is 8.17. The van der Waals surface area contributed by atoms with Crippen molar-refractivity contribution in [1.29, 1.82) is 0 Å². The minimum Gasteiger partial charge on any atom is -0.390 e. The van der Waals surface area contributed by atoms with Crippen LogP contribution in [0.2, 0.25) is 0 Å². The molecule has 0 saturated carbocycles. The molecule has 1 N–H and O–H groups in total. The first-order valence-electron chi connectivity index (χ1n) is 5.36. The van der Waals surface area contributed by atoms with Gasteiger partial charge in [0, 0.05) is 12.1 Å². The molecule has 3 nitrogen and oxygen atoms in total. The molecule has 0 atom stereocenters. The highest BCUT2D eigenvalue weighted by Crippen LogP contribution is 2.09. The fraction of sp³-hybridized carbons (Fsp3) is 0.231. The molecule has 2 rings (SSSR count). The Bertz CT molecular complexity index is 511. The maximum Gasteiger partial charge on any atom is 0.133 e. The number of nitrogens with zero attached hydrogens (tertiary/aromatic N) is 2. The van der Waals surface area contributed by atoms with Crippen molar-refractivity contribution >= 4 is 0 Å². The van der Waals surface area contributed by atoms with E-state index in [2.05, 4.69) is 9.97 Å². The largest absolute Gasteiger partial charge is 0.390 e. The normalized spacial score (nSPS) is 10.5. The van der Waals surface area contributed by atoms with Crippen LogP contribution in [-0.2, 0) is 13.0 Å². The highest BCUT2D eigenvalue weighted by Gasteiger charge is 2.03. The third kappa shape index (κ3) is 3.07. The summed E-state index contributed by atoms with van der Waals surface area (Å²) in [5.74, 6) is 0.385. The van der Waals surface area contributed by atoms with E-state index in [4.69, 9.17) is 5.11 Å². The van der Waals surface area contributed by atoms with E-state index in [-0.39, 0.29) is 12.4 Å². The number of aryl methyl sites for hydroxylation is 1. The Morgan fingerprint density at radius 3 is 2.53 bits per heavy atom. The van der Waals surface area contributed by atoms with E-state index >= 15 is 0 Å². The van der Waals surface area contributed by atoms with Crippen LogP contribution in [-0.4, -0.2) is 15.1 Å². The molecule has 2 aromatic rings. The lowest BCUT2D eigenvalue weighted by Crippen LogP contribution is -2.02. The molecule has 0 amide bonds. The molecule has 0 fully saturated rings. The summed E-state index contributed by atoms with van der Waals surface area (Å²) in [6.45, 7) is 1.76. The van der Waals surface area contributed by atoms with Crippen molar-refractivity contribution in [2.45, 2.75) is 20.0 Å². The third-order valence-corrected chi connectivity index (χ3v) is 2.39. The van der Waals surface area contributed by atoms with E-state index in [0.717, 1.165) is 11.3 Å². The number of aliphatic hydroxyl groups excluding tert-OH is 1. The van der Waals surface area contributed by atoms with Crippen LogP contribution in [0.1, 0.15) is 22.8 Å². The number of hydrogen-bond acceptors (Lipinski definition) is 3. The van der Waals surface area contributed by atoms with Crippen molar-refractivity contribution in [3.05, 3.63) is 58.9 Å². The Kier molecular flexibility index (Phi) is 3.44. The minimum absolute atomic E-state index is 0.0974. The molecule has 1 heterocycles. The van der Waals surface area contributed by atoms with Crippen LogP contribution in [0.25, 0.3) is 0 Å². The monoisotopic (exact) mass is 232 g/mol. The van der Waals surface area contributed by atoms with Gasteiger partial charge >= 0.3 is 0 Å². The molecule has 0 radical (unpaired) electrons. The number of aliphatic hydroxyl groups is 1. The standard InChI is InChI=1S/C13H13FN2O/c1-9-6-12(8-17)16-13(15-9)7-10-2-4-11(14)5-3-10/h2-6,17H,7-8H2,1H3. The van der Waals surface area contributed by atoms with Crippen molar-refractivity contribution in [3.63, 3.8) is 0 Å². The molecule has 0 saturated heterocycles. The maximum absolute atomic E-state index is 12.7. The molecule has 17 heavy (non-hydrogen) atoms. The summed E-state index contributed by atoms with van der Waals surface area (Å²) >= 11 is 0. The van der Waals surface area contributed by atoms with Gasteiger partial charge in [-0.1, -0.05) is 12.1 Å². The number of aromatic nitrogens is 2. The van der Waals surface area contributed by atoms with E-state index in [9.17, 15) is 4.39 Å². The number of halogens is 1. The number of hydrogen-bond donors (Lipinski definition) is 1. The minimum atomic E-state index is -0.255. The molecule has 0 aliphatic heterocycles. The van der Waals surface area contributed by atoms with Crippen molar-refractivity contribution in [2.75, 3.05) is 0 Å². The van der Waals surface area contributed by atoms with Crippen molar-refractivity contribution < 1.29 is 9.50 Å². The molecule has 0 aliphatic carbocycles. The summed E-state index contributed by atoms with van der Waals surface area (Å²) in [4.78, 5) is 8.50. The molecular formula is C13H13FN2O. The van der Waals surface area contributed by atoms with Crippen molar-refractivity contribution in [1.82, 2.24) is 9.97 Å². The second kappa shape index (κ2) is 5.01. The van der Waals surface area contributed by atoms with E-state index in [0.29, 0.717) is 17.9 Å². The van der Waals surface area contributed by atoms with Gasteiger partial charge in [0.25, 0.3) is 0 Å². The van der Waals surface area contributed by atoms with Gasteiger partial charge in [-0.3, -0.25) is 0 Å².